The van der Waals surface area contributed by atoms with Crippen molar-refractivity contribution in [2.24, 2.45) is 0 Å². The monoisotopic (exact) mass is 240 g/mol. The highest BCUT2D eigenvalue weighted by Crippen LogP contribution is 1.89. The molecule has 8 nitrogen and oxygen atoms in total. The third-order valence-electron chi connectivity index (χ3n) is 2.20. The summed E-state index contributed by atoms with van der Waals surface area (Å²) in [6.07, 6.45) is 1.36. The number of nitrogens with two attached hydrogens (primary N) is 1. The SMILES string of the molecule is CCN(C)C(=O)CNC(=O)Cn1cnc(N)n1. The van der Waals surface area contributed by atoms with Gasteiger partial charge in [-0.15, -0.1) is 5.10 Å². The van der Waals surface area contributed by atoms with E-state index in [1.165, 1.54) is 15.9 Å². The molecular weight excluding hydrogens is 224 g/mol. The topological polar surface area (TPSA) is 106 Å². The Morgan fingerprint density at radius 2 is 2.29 bits per heavy atom. The lowest BCUT2D eigenvalue weighted by atomic mass is 10.4. The van der Waals surface area contributed by atoms with Gasteiger partial charge in [-0.2, -0.15) is 0 Å². The third-order valence-corrected chi connectivity index (χ3v) is 2.20. The third kappa shape index (κ3) is 4.09. The molecule has 1 heterocycles. The zero-order valence-corrected chi connectivity index (χ0v) is 9.88. The summed E-state index contributed by atoms with van der Waals surface area (Å²) in [7, 11) is 1.67. The number of amides is 2. The van der Waals surface area contributed by atoms with E-state index in [1.807, 2.05) is 6.92 Å². The van der Waals surface area contributed by atoms with Gasteiger partial charge in [-0.25, -0.2) is 9.67 Å². The number of carbonyl (C=O) groups excluding carboxylic acids is 2. The first-order valence-corrected chi connectivity index (χ1v) is 5.18. The molecule has 0 aliphatic heterocycles. The maximum absolute atomic E-state index is 11.4. The molecule has 0 aromatic carbocycles. The summed E-state index contributed by atoms with van der Waals surface area (Å²) >= 11 is 0. The van der Waals surface area contributed by atoms with Gasteiger partial charge in [0, 0.05) is 13.6 Å². The zero-order valence-electron chi connectivity index (χ0n) is 9.88. The quantitative estimate of drug-likeness (QED) is 0.648. The number of rotatable bonds is 5. The molecule has 2 amide bonds. The van der Waals surface area contributed by atoms with E-state index in [9.17, 15) is 9.59 Å². The van der Waals surface area contributed by atoms with Crippen LogP contribution in [0.3, 0.4) is 0 Å². The summed E-state index contributed by atoms with van der Waals surface area (Å²) < 4.78 is 1.30. The van der Waals surface area contributed by atoms with E-state index in [1.54, 1.807) is 7.05 Å². The molecule has 0 radical (unpaired) electrons. The Kier molecular flexibility index (Phi) is 4.44. The van der Waals surface area contributed by atoms with Crippen LogP contribution in [0.15, 0.2) is 6.33 Å². The van der Waals surface area contributed by atoms with Gasteiger partial charge in [-0.1, -0.05) is 0 Å². The van der Waals surface area contributed by atoms with Crippen LogP contribution in [0, 0.1) is 0 Å². The second kappa shape index (κ2) is 5.83. The predicted molar refractivity (Wildman–Crippen MR) is 60.8 cm³/mol. The zero-order chi connectivity index (χ0) is 12.8. The van der Waals surface area contributed by atoms with Gasteiger partial charge < -0.3 is 16.0 Å². The Balaban J connectivity index is 2.33. The van der Waals surface area contributed by atoms with Crippen LogP contribution in [-0.4, -0.2) is 51.6 Å². The summed E-state index contributed by atoms with van der Waals surface area (Å²) in [5.74, 6) is -0.341. The lowest BCUT2D eigenvalue weighted by molar-refractivity contribution is -0.131. The second-order valence-electron chi connectivity index (χ2n) is 3.48. The van der Waals surface area contributed by atoms with E-state index in [0.717, 1.165) is 0 Å². The molecule has 3 N–H and O–H groups in total. The normalized spacial score (nSPS) is 10.0. The number of nitrogens with one attached hydrogen (secondary N) is 1. The van der Waals surface area contributed by atoms with Crippen LogP contribution in [0.1, 0.15) is 6.92 Å². The molecule has 94 valence electrons. The van der Waals surface area contributed by atoms with Crippen molar-refractivity contribution in [3.05, 3.63) is 6.33 Å². The molecule has 0 spiro atoms. The van der Waals surface area contributed by atoms with Crippen LogP contribution in [0.25, 0.3) is 0 Å². The van der Waals surface area contributed by atoms with Gasteiger partial charge in [0.1, 0.15) is 12.9 Å². The first-order chi connectivity index (χ1) is 8.02. The summed E-state index contributed by atoms with van der Waals surface area (Å²) in [5, 5.41) is 6.25. The lowest BCUT2D eigenvalue weighted by Gasteiger charge is -2.14. The van der Waals surface area contributed by atoms with Gasteiger partial charge in [0.25, 0.3) is 0 Å². The number of nitrogens with zero attached hydrogens (tertiary/aromatic N) is 4. The number of aromatic nitrogens is 3. The molecular formula is C9H16N6O2. The molecule has 0 aliphatic rings. The van der Waals surface area contributed by atoms with Crippen LogP contribution in [-0.2, 0) is 16.1 Å². The van der Waals surface area contributed by atoms with E-state index < -0.39 is 0 Å². The number of carbonyl (C=O) groups is 2. The smallest absolute Gasteiger partial charge is 0.242 e. The fourth-order valence-electron chi connectivity index (χ4n) is 1.07. The Morgan fingerprint density at radius 3 is 2.82 bits per heavy atom. The Labute approximate surface area is 98.8 Å². The van der Waals surface area contributed by atoms with Gasteiger partial charge in [0.15, 0.2) is 0 Å². The van der Waals surface area contributed by atoms with E-state index >= 15 is 0 Å². The summed E-state index contributed by atoms with van der Waals surface area (Å²) in [4.78, 5) is 28.0. The Hall–Kier alpha value is -2.12. The van der Waals surface area contributed by atoms with Gasteiger partial charge in [-0.3, -0.25) is 9.59 Å². The molecule has 0 fully saturated rings. The second-order valence-corrected chi connectivity index (χ2v) is 3.48. The van der Waals surface area contributed by atoms with Crippen molar-refractivity contribution in [1.29, 1.82) is 0 Å². The number of hydrogen-bond acceptors (Lipinski definition) is 5. The average molecular weight is 240 g/mol. The molecule has 17 heavy (non-hydrogen) atoms. The van der Waals surface area contributed by atoms with Crippen LogP contribution >= 0.6 is 0 Å². The molecule has 0 bridgehead atoms. The van der Waals surface area contributed by atoms with E-state index in [4.69, 9.17) is 5.73 Å². The molecule has 0 unspecified atom stereocenters. The van der Waals surface area contributed by atoms with Crippen molar-refractivity contribution in [1.82, 2.24) is 25.0 Å². The van der Waals surface area contributed by atoms with Crippen molar-refractivity contribution in [3.63, 3.8) is 0 Å². The van der Waals surface area contributed by atoms with Gasteiger partial charge in [0.2, 0.25) is 17.8 Å². The highest BCUT2D eigenvalue weighted by Gasteiger charge is 2.09. The lowest BCUT2D eigenvalue weighted by Crippen LogP contribution is -2.39. The number of nitrogen functional groups attached to an aromatic ring is 1. The molecule has 1 aromatic heterocycles. The molecule has 1 aromatic rings. The Morgan fingerprint density at radius 1 is 1.59 bits per heavy atom. The first kappa shape index (κ1) is 12.9. The van der Waals surface area contributed by atoms with Gasteiger partial charge >= 0.3 is 0 Å². The van der Waals surface area contributed by atoms with Crippen molar-refractivity contribution in [2.45, 2.75) is 13.5 Å². The minimum Gasteiger partial charge on any atom is -0.367 e. The Bertz CT molecular complexity index is 402. The standard InChI is InChI=1S/C9H16N6O2/c1-3-14(2)8(17)4-11-7(16)5-15-6-12-9(10)13-15/h6H,3-5H2,1-2H3,(H2,10,13)(H,11,16). The maximum Gasteiger partial charge on any atom is 0.242 e. The van der Waals surface area contributed by atoms with Gasteiger partial charge in [-0.05, 0) is 6.92 Å². The van der Waals surface area contributed by atoms with Gasteiger partial charge in [0.05, 0.1) is 6.54 Å². The first-order valence-electron chi connectivity index (χ1n) is 5.18. The molecule has 0 aliphatic carbocycles. The average Bonchev–Trinajstić information content (AvgIpc) is 2.70. The van der Waals surface area contributed by atoms with Crippen LogP contribution in [0.5, 0.6) is 0 Å². The maximum atomic E-state index is 11.4. The highest BCUT2D eigenvalue weighted by molar-refractivity contribution is 5.84. The van der Waals surface area contributed by atoms with Crippen molar-refractivity contribution < 1.29 is 9.59 Å². The molecule has 0 saturated carbocycles. The summed E-state index contributed by atoms with van der Waals surface area (Å²) in [5.41, 5.74) is 5.30. The largest absolute Gasteiger partial charge is 0.367 e. The predicted octanol–water partition coefficient (Wildman–Crippen LogP) is -1.55. The highest BCUT2D eigenvalue weighted by atomic mass is 16.2. The minimum atomic E-state index is -0.312. The number of likely N-dealkylation sites (N-methyl/N-ethyl adjacent to an activating group) is 1. The molecule has 0 saturated heterocycles. The summed E-state index contributed by atoms with van der Waals surface area (Å²) in [6.45, 7) is 2.44. The molecule has 0 atom stereocenters. The van der Waals surface area contributed by atoms with Crippen molar-refractivity contribution in [2.75, 3.05) is 25.9 Å². The number of hydrogen-bond donors (Lipinski definition) is 2. The van der Waals surface area contributed by atoms with Crippen LogP contribution in [0.4, 0.5) is 5.95 Å². The van der Waals surface area contributed by atoms with Crippen LogP contribution in [0.2, 0.25) is 0 Å². The fraction of sp³-hybridized carbons (Fsp3) is 0.556. The van der Waals surface area contributed by atoms with Crippen LogP contribution < -0.4 is 11.1 Å². The number of anilines is 1. The van der Waals surface area contributed by atoms with E-state index in [-0.39, 0.29) is 30.9 Å². The van der Waals surface area contributed by atoms with E-state index in [0.29, 0.717) is 6.54 Å². The molecule has 8 heteroatoms. The molecule has 1 rings (SSSR count). The fourth-order valence-corrected chi connectivity index (χ4v) is 1.07. The summed E-state index contributed by atoms with van der Waals surface area (Å²) in [6, 6.07) is 0. The minimum absolute atomic E-state index is 0.00663. The van der Waals surface area contributed by atoms with Crippen molar-refractivity contribution in [3.8, 4) is 0 Å². The van der Waals surface area contributed by atoms with E-state index in [2.05, 4.69) is 15.4 Å². The van der Waals surface area contributed by atoms with Crippen molar-refractivity contribution >= 4 is 17.8 Å².